The summed E-state index contributed by atoms with van der Waals surface area (Å²) in [5, 5.41) is 7.54. The van der Waals surface area contributed by atoms with Gasteiger partial charge in [-0.3, -0.25) is 4.68 Å². The van der Waals surface area contributed by atoms with Gasteiger partial charge in [0.2, 0.25) is 0 Å². The van der Waals surface area contributed by atoms with E-state index >= 15 is 0 Å². The molecule has 18 heavy (non-hydrogen) atoms. The fourth-order valence-corrected chi connectivity index (χ4v) is 2.20. The molecule has 0 spiro atoms. The van der Waals surface area contributed by atoms with Crippen LogP contribution in [0.15, 0.2) is 30.5 Å². The van der Waals surface area contributed by atoms with Crippen LogP contribution in [0.3, 0.4) is 0 Å². The predicted octanol–water partition coefficient (Wildman–Crippen LogP) is 2.57. The maximum Gasteiger partial charge on any atom is 0.123 e. The summed E-state index contributed by atoms with van der Waals surface area (Å²) >= 11 is 0. The molecule has 1 N–H and O–H groups in total. The Morgan fingerprint density at radius 2 is 2.17 bits per heavy atom. The molecule has 0 aliphatic carbocycles. The minimum absolute atomic E-state index is 0.0306. The second-order valence-corrected chi connectivity index (χ2v) is 4.43. The molecule has 0 saturated heterocycles. The molecule has 96 valence electrons. The first kappa shape index (κ1) is 12.8. The van der Waals surface area contributed by atoms with Gasteiger partial charge in [-0.1, -0.05) is 13.0 Å². The molecule has 1 aromatic heterocycles. The summed E-state index contributed by atoms with van der Waals surface area (Å²) < 4.78 is 15.3. The van der Waals surface area contributed by atoms with Crippen molar-refractivity contribution in [3.8, 4) is 0 Å². The molecule has 2 aromatic rings. The van der Waals surface area contributed by atoms with Crippen molar-refractivity contribution in [2.24, 2.45) is 7.05 Å². The molecule has 2 rings (SSSR count). The molecule has 0 aliphatic rings. The molecular formula is C14H18FN3. The fraction of sp³-hybridized carbons (Fsp3) is 0.357. The highest BCUT2D eigenvalue weighted by molar-refractivity contribution is 5.31. The highest BCUT2D eigenvalue weighted by Gasteiger charge is 2.17. The van der Waals surface area contributed by atoms with E-state index in [2.05, 4.69) is 10.4 Å². The third-order valence-electron chi connectivity index (χ3n) is 2.96. The Labute approximate surface area is 107 Å². The molecule has 1 unspecified atom stereocenters. The van der Waals surface area contributed by atoms with Gasteiger partial charge in [0, 0.05) is 13.2 Å². The summed E-state index contributed by atoms with van der Waals surface area (Å²) in [6, 6.07) is 7.04. The smallest absolute Gasteiger partial charge is 0.123 e. The summed E-state index contributed by atoms with van der Waals surface area (Å²) in [5.41, 5.74) is 2.88. The zero-order valence-electron chi connectivity index (χ0n) is 10.9. The molecule has 1 aromatic carbocycles. The number of hydrogen-bond donors (Lipinski definition) is 1. The van der Waals surface area contributed by atoms with Crippen molar-refractivity contribution < 1.29 is 4.39 Å². The molecule has 0 bridgehead atoms. The van der Waals surface area contributed by atoms with E-state index in [1.165, 1.54) is 6.07 Å². The van der Waals surface area contributed by atoms with Crippen LogP contribution >= 0.6 is 0 Å². The number of aryl methyl sites for hydroxylation is 2. The number of aromatic nitrogens is 2. The van der Waals surface area contributed by atoms with Gasteiger partial charge in [-0.05, 0) is 42.8 Å². The fourth-order valence-electron chi connectivity index (χ4n) is 2.20. The lowest BCUT2D eigenvalue weighted by atomic mass is 10.0. The maximum absolute atomic E-state index is 13.5. The van der Waals surface area contributed by atoms with Crippen LogP contribution < -0.4 is 5.32 Å². The minimum Gasteiger partial charge on any atom is -0.305 e. The average molecular weight is 247 g/mol. The summed E-state index contributed by atoms with van der Waals surface area (Å²) in [6.07, 6.45) is 1.76. The van der Waals surface area contributed by atoms with E-state index in [0.717, 1.165) is 23.4 Å². The molecular weight excluding hydrogens is 229 g/mol. The lowest BCUT2D eigenvalue weighted by Gasteiger charge is -2.19. The van der Waals surface area contributed by atoms with Gasteiger partial charge in [0.25, 0.3) is 0 Å². The lowest BCUT2D eigenvalue weighted by molar-refractivity contribution is 0.564. The van der Waals surface area contributed by atoms with Crippen molar-refractivity contribution in [2.75, 3.05) is 6.54 Å². The van der Waals surface area contributed by atoms with Gasteiger partial charge in [-0.25, -0.2) is 4.39 Å². The molecule has 1 atom stereocenters. The van der Waals surface area contributed by atoms with Gasteiger partial charge in [0.05, 0.1) is 11.7 Å². The standard InChI is InChI=1S/C14H18FN3/c1-4-16-14(13-5-6-17-18(13)3)11-7-10(2)8-12(15)9-11/h5-9,14,16H,4H2,1-3H3. The van der Waals surface area contributed by atoms with E-state index in [4.69, 9.17) is 0 Å². The zero-order valence-corrected chi connectivity index (χ0v) is 10.9. The second kappa shape index (κ2) is 5.31. The van der Waals surface area contributed by atoms with E-state index in [-0.39, 0.29) is 11.9 Å². The van der Waals surface area contributed by atoms with E-state index in [1.807, 2.05) is 37.7 Å². The maximum atomic E-state index is 13.5. The largest absolute Gasteiger partial charge is 0.305 e. The van der Waals surface area contributed by atoms with E-state index < -0.39 is 0 Å². The van der Waals surface area contributed by atoms with Crippen LogP contribution in [-0.2, 0) is 7.05 Å². The Morgan fingerprint density at radius 1 is 1.39 bits per heavy atom. The number of halogens is 1. The van der Waals surface area contributed by atoms with Gasteiger partial charge in [-0.15, -0.1) is 0 Å². The van der Waals surface area contributed by atoms with Crippen LogP contribution in [0.4, 0.5) is 4.39 Å². The monoisotopic (exact) mass is 247 g/mol. The van der Waals surface area contributed by atoms with Crippen LogP contribution in [0.2, 0.25) is 0 Å². The van der Waals surface area contributed by atoms with Gasteiger partial charge >= 0.3 is 0 Å². The highest BCUT2D eigenvalue weighted by Crippen LogP contribution is 2.23. The Hall–Kier alpha value is -1.68. The SMILES string of the molecule is CCNC(c1cc(C)cc(F)c1)c1ccnn1C. The molecule has 0 saturated carbocycles. The third-order valence-corrected chi connectivity index (χ3v) is 2.96. The van der Waals surface area contributed by atoms with Gasteiger partial charge in [-0.2, -0.15) is 5.10 Å². The van der Waals surface area contributed by atoms with E-state index in [0.29, 0.717) is 0 Å². The van der Waals surface area contributed by atoms with Gasteiger partial charge < -0.3 is 5.32 Å². The van der Waals surface area contributed by atoms with Crippen molar-refractivity contribution in [1.29, 1.82) is 0 Å². The first-order chi connectivity index (χ1) is 8.61. The molecule has 4 heteroatoms. The molecule has 3 nitrogen and oxygen atoms in total. The van der Waals surface area contributed by atoms with Gasteiger partial charge in [0.1, 0.15) is 5.82 Å². The Morgan fingerprint density at radius 3 is 2.72 bits per heavy atom. The number of benzene rings is 1. The van der Waals surface area contributed by atoms with E-state index in [1.54, 1.807) is 12.3 Å². The Balaban J connectivity index is 2.44. The topological polar surface area (TPSA) is 29.9 Å². The van der Waals surface area contributed by atoms with Crippen molar-refractivity contribution in [3.63, 3.8) is 0 Å². The predicted molar refractivity (Wildman–Crippen MR) is 69.9 cm³/mol. The van der Waals surface area contributed by atoms with Crippen molar-refractivity contribution in [1.82, 2.24) is 15.1 Å². The normalized spacial score (nSPS) is 12.7. The van der Waals surface area contributed by atoms with Crippen LogP contribution in [0.25, 0.3) is 0 Å². The minimum atomic E-state index is -0.199. The summed E-state index contributed by atoms with van der Waals surface area (Å²) in [5.74, 6) is -0.199. The lowest BCUT2D eigenvalue weighted by Crippen LogP contribution is -2.24. The molecule has 0 amide bonds. The number of hydrogen-bond acceptors (Lipinski definition) is 2. The number of nitrogens with one attached hydrogen (secondary N) is 1. The molecule has 0 fully saturated rings. The van der Waals surface area contributed by atoms with Crippen molar-refractivity contribution >= 4 is 0 Å². The third kappa shape index (κ3) is 2.59. The van der Waals surface area contributed by atoms with Crippen LogP contribution in [0, 0.1) is 12.7 Å². The quantitative estimate of drug-likeness (QED) is 0.900. The molecule has 1 heterocycles. The average Bonchev–Trinajstić information content (AvgIpc) is 2.71. The first-order valence-corrected chi connectivity index (χ1v) is 6.10. The summed E-state index contributed by atoms with van der Waals surface area (Å²) in [6.45, 7) is 4.75. The van der Waals surface area contributed by atoms with E-state index in [9.17, 15) is 4.39 Å². The first-order valence-electron chi connectivity index (χ1n) is 6.10. The molecule has 0 aliphatic heterocycles. The Kier molecular flexibility index (Phi) is 3.77. The summed E-state index contributed by atoms with van der Waals surface area (Å²) in [4.78, 5) is 0. The van der Waals surface area contributed by atoms with Crippen molar-refractivity contribution in [3.05, 3.63) is 53.1 Å². The Bertz CT molecular complexity index is 513. The number of nitrogens with zero attached hydrogens (tertiary/aromatic N) is 2. The number of rotatable bonds is 4. The van der Waals surface area contributed by atoms with Crippen molar-refractivity contribution in [2.45, 2.75) is 19.9 Å². The van der Waals surface area contributed by atoms with Crippen LogP contribution in [-0.4, -0.2) is 16.3 Å². The van der Waals surface area contributed by atoms with Crippen LogP contribution in [0.5, 0.6) is 0 Å². The van der Waals surface area contributed by atoms with Gasteiger partial charge in [0.15, 0.2) is 0 Å². The second-order valence-electron chi connectivity index (χ2n) is 4.43. The molecule has 0 radical (unpaired) electrons. The van der Waals surface area contributed by atoms with Crippen LogP contribution in [0.1, 0.15) is 29.8 Å². The summed E-state index contributed by atoms with van der Waals surface area (Å²) in [7, 11) is 1.89. The highest BCUT2D eigenvalue weighted by atomic mass is 19.1. The zero-order chi connectivity index (χ0) is 13.1.